The molecular formula is C20H27N3O4. The molecule has 0 aromatic heterocycles. The van der Waals surface area contributed by atoms with Gasteiger partial charge in [0.1, 0.15) is 11.3 Å². The van der Waals surface area contributed by atoms with Gasteiger partial charge in [-0.1, -0.05) is 20.3 Å². The SMILES string of the molecule is CCCCOc1ccc(C(=O)NN2C(=O)NC3(CCC(C)CC3)C2=O)cc1. The van der Waals surface area contributed by atoms with Gasteiger partial charge in [0, 0.05) is 5.56 Å². The lowest BCUT2D eigenvalue weighted by atomic mass is 9.77. The minimum absolute atomic E-state index is 0.358. The van der Waals surface area contributed by atoms with Crippen molar-refractivity contribution < 1.29 is 19.1 Å². The summed E-state index contributed by atoms with van der Waals surface area (Å²) in [6.45, 7) is 4.86. The summed E-state index contributed by atoms with van der Waals surface area (Å²) in [5.41, 5.74) is 1.93. The molecule has 1 spiro atoms. The molecule has 1 saturated heterocycles. The third-order valence-electron chi connectivity index (χ3n) is 5.39. The summed E-state index contributed by atoms with van der Waals surface area (Å²) in [7, 11) is 0. The van der Waals surface area contributed by atoms with E-state index in [1.807, 2.05) is 0 Å². The number of nitrogens with zero attached hydrogens (tertiary/aromatic N) is 1. The predicted octanol–water partition coefficient (Wildman–Crippen LogP) is 3.01. The van der Waals surface area contributed by atoms with Crippen LogP contribution in [0.3, 0.4) is 0 Å². The van der Waals surface area contributed by atoms with Crippen molar-refractivity contribution in [3.8, 4) is 5.75 Å². The Kier molecular flexibility index (Phi) is 5.68. The van der Waals surface area contributed by atoms with E-state index in [4.69, 9.17) is 4.74 Å². The van der Waals surface area contributed by atoms with Crippen LogP contribution in [0.25, 0.3) is 0 Å². The quantitative estimate of drug-likeness (QED) is 0.593. The number of carbonyl (C=O) groups is 3. The summed E-state index contributed by atoms with van der Waals surface area (Å²) in [5.74, 6) is 0.361. The lowest BCUT2D eigenvalue weighted by Crippen LogP contribution is -2.51. The summed E-state index contributed by atoms with van der Waals surface area (Å²) >= 11 is 0. The lowest BCUT2D eigenvalue weighted by Gasteiger charge is -2.33. The summed E-state index contributed by atoms with van der Waals surface area (Å²) in [6.07, 6.45) is 4.99. The zero-order valence-electron chi connectivity index (χ0n) is 15.9. The van der Waals surface area contributed by atoms with Crippen LogP contribution >= 0.6 is 0 Å². The Morgan fingerprint density at radius 2 is 1.93 bits per heavy atom. The first-order valence-electron chi connectivity index (χ1n) is 9.66. The Bertz CT molecular complexity index is 708. The average Bonchev–Trinajstić information content (AvgIpc) is 2.89. The zero-order chi connectivity index (χ0) is 19.4. The Hall–Kier alpha value is -2.57. The largest absolute Gasteiger partial charge is 0.494 e. The van der Waals surface area contributed by atoms with E-state index in [1.54, 1.807) is 24.3 Å². The summed E-state index contributed by atoms with van der Waals surface area (Å²) < 4.78 is 5.57. The van der Waals surface area contributed by atoms with Gasteiger partial charge in [0.2, 0.25) is 0 Å². The van der Waals surface area contributed by atoms with Crippen molar-refractivity contribution >= 4 is 17.8 Å². The van der Waals surface area contributed by atoms with Crippen LogP contribution in [0.1, 0.15) is 62.7 Å². The number of hydrogen-bond acceptors (Lipinski definition) is 4. The zero-order valence-corrected chi connectivity index (χ0v) is 15.9. The van der Waals surface area contributed by atoms with Gasteiger partial charge in [-0.05, 0) is 62.3 Å². The first kappa shape index (κ1) is 19.2. The topological polar surface area (TPSA) is 87.7 Å². The van der Waals surface area contributed by atoms with Gasteiger partial charge in [-0.2, -0.15) is 5.01 Å². The minimum atomic E-state index is -0.867. The van der Waals surface area contributed by atoms with Gasteiger partial charge in [-0.3, -0.25) is 15.0 Å². The van der Waals surface area contributed by atoms with Gasteiger partial charge in [0.15, 0.2) is 0 Å². The molecule has 0 radical (unpaired) electrons. The van der Waals surface area contributed by atoms with Crippen molar-refractivity contribution in [3.63, 3.8) is 0 Å². The highest BCUT2D eigenvalue weighted by molar-refractivity contribution is 6.09. The maximum Gasteiger partial charge on any atom is 0.344 e. The Labute approximate surface area is 159 Å². The van der Waals surface area contributed by atoms with Crippen LogP contribution < -0.4 is 15.5 Å². The summed E-state index contributed by atoms with van der Waals surface area (Å²) in [4.78, 5) is 37.5. The van der Waals surface area contributed by atoms with Gasteiger partial charge in [0.05, 0.1) is 6.61 Å². The monoisotopic (exact) mass is 373 g/mol. The average molecular weight is 373 g/mol. The highest BCUT2D eigenvalue weighted by atomic mass is 16.5. The molecule has 2 aliphatic rings. The van der Waals surface area contributed by atoms with Crippen molar-refractivity contribution in [2.75, 3.05) is 6.61 Å². The molecule has 1 aliphatic carbocycles. The maximum atomic E-state index is 12.8. The number of benzene rings is 1. The number of rotatable bonds is 6. The smallest absolute Gasteiger partial charge is 0.344 e. The molecule has 1 aromatic rings. The molecule has 27 heavy (non-hydrogen) atoms. The molecule has 1 heterocycles. The van der Waals surface area contributed by atoms with E-state index in [1.165, 1.54) is 0 Å². The van der Waals surface area contributed by atoms with E-state index >= 15 is 0 Å². The van der Waals surface area contributed by atoms with Crippen LogP contribution in [0.4, 0.5) is 4.79 Å². The fraction of sp³-hybridized carbons (Fsp3) is 0.550. The lowest BCUT2D eigenvalue weighted by molar-refractivity contribution is -0.134. The number of hydrogen-bond donors (Lipinski definition) is 2. The molecule has 146 valence electrons. The number of ether oxygens (including phenoxy) is 1. The Balaban J connectivity index is 1.62. The molecule has 2 fully saturated rings. The Morgan fingerprint density at radius 3 is 2.56 bits per heavy atom. The fourth-order valence-electron chi connectivity index (χ4n) is 3.52. The van der Waals surface area contributed by atoms with Gasteiger partial charge in [0.25, 0.3) is 11.8 Å². The molecule has 2 N–H and O–H groups in total. The van der Waals surface area contributed by atoms with Crippen molar-refractivity contribution in [2.45, 2.75) is 57.9 Å². The van der Waals surface area contributed by atoms with Crippen LogP contribution in [0.15, 0.2) is 24.3 Å². The van der Waals surface area contributed by atoms with Crippen LogP contribution in [0.5, 0.6) is 5.75 Å². The van der Waals surface area contributed by atoms with Crippen molar-refractivity contribution in [1.29, 1.82) is 0 Å². The maximum absolute atomic E-state index is 12.8. The van der Waals surface area contributed by atoms with Crippen molar-refractivity contribution in [1.82, 2.24) is 15.8 Å². The fourth-order valence-corrected chi connectivity index (χ4v) is 3.52. The van der Waals surface area contributed by atoms with E-state index < -0.39 is 17.5 Å². The molecule has 4 amide bonds. The number of urea groups is 1. The third-order valence-corrected chi connectivity index (χ3v) is 5.39. The first-order valence-corrected chi connectivity index (χ1v) is 9.66. The highest BCUT2D eigenvalue weighted by Crippen LogP contribution is 2.35. The molecule has 1 aromatic carbocycles. The molecule has 7 nitrogen and oxygen atoms in total. The van der Waals surface area contributed by atoms with E-state index in [2.05, 4.69) is 24.6 Å². The molecule has 1 saturated carbocycles. The number of carbonyl (C=O) groups excluding carboxylic acids is 3. The molecule has 3 rings (SSSR count). The third kappa shape index (κ3) is 4.07. The second kappa shape index (κ2) is 7.98. The van der Waals surface area contributed by atoms with Crippen LogP contribution in [-0.2, 0) is 4.79 Å². The normalized spacial score (nSPS) is 24.8. The van der Waals surface area contributed by atoms with E-state index in [-0.39, 0.29) is 5.91 Å². The second-order valence-electron chi connectivity index (χ2n) is 7.50. The molecule has 1 aliphatic heterocycles. The van der Waals surface area contributed by atoms with Crippen LogP contribution in [0, 0.1) is 5.92 Å². The standard InChI is InChI=1S/C20H27N3O4/c1-3-4-13-27-16-7-5-15(6-8-16)17(24)22-23-18(25)20(21-19(23)26)11-9-14(2)10-12-20/h5-8,14H,3-4,9-13H2,1-2H3,(H,21,26)(H,22,24). The minimum Gasteiger partial charge on any atom is -0.494 e. The van der Waals surface area contributed by atoms with Crippen molar-refractivity contribution in [3.05, 3.63) is 29.8 Å². The van der Waals surface area contributed by atoms with Crippen molar-refractivity contribution in [2.24, 2.45) is 5.92 Å². The number of hydrazine groups is 1. The number of nitrogens with one attached hydrogen (secondary N) is 2. The summed E-state index contributed by atoms with van der Waals surface area (Å²) in [5, 5.41) is 3.61. The van der Waals surface area contributed by atoms with Gasteiger partial charge in [-0.25, -0.2) is 4.79 Å². The summed E-state index contributed by atoms with van der Waals surface area (Å²) in [6, 6.07) is 6.09. The van der Waals surface area contributed by atoms with E-state index in [0.29, 0.717) is 36.7 Å². The predicted molar refractivity (Wildman–Crippen MR) is 100 cm³/mol. The first-order chi connectivity index (χ1) is 12.9. The molecule has 0 atom stereocenters. The highest BCUT2D eigenvalue weighted by Gasteiger charge is 2.52. The molecular weight excluding hydrogens is 346 g/mol. The van der Waals surface area contributed by atoms with E-state index in [9.17, 15) is 14.4 Å². The number of amides is 4. The molecule has 7 heteroatoms. The molecule has 0 unspecified atom stereocenters. The second-order valence-corrected chi connectivity index (χ2v) is 7.50. The van der Waals surface area contributed by atoms with Crippen LogP contribution in [-0.4, -0.2) is 35.0 Å². The van der Waals surface area contributed by atoms with Crippen LogP contribution in [0.2, 0.25) is 0 Å². The number of unbranched alkanes of at least 4 members (excludes halogenated alkanes) is 1. The van der Waals surface area contributed by atoms with Gasteiger partial charge >= 0.3 is 6.03 Å². The number of imide groups is 1. The Morgan fingerprint density at radius 1 is 1.26 bits per heavy atom. The van der Waals surface area contributed by atoms with Gasteiger partial charge in [-0.15, -0.1) is 0 Å². The van der Waals surface area contributed by atoms with Gasteiger partial charge < -0.3 is 10.1 Å². The molecule has 0 bridgehead atoms. The van der Waals surface area contributed by atoms with E-state index in [0.717, 1.165) is 30.7 Å².